The van der Waals surface area contributed by atoms with Gasteiger partial charge in [0.2, 0.25) is 0 Å². The smallest absolute Gasteiger partial charge is 0.319 e. The van der Waals surface area contributed by atoms with Gasteiger partial charge in [0.05, 0.1) is 6.61 Å². The summed E-state index contributed by atoms with van der Waals surface area (Å²) in [5.74, 6) is 0.743. The number of carbonyl (C=O) groups excluding carboxylic acids is 1. The summed E-state index contributed by atoms with van der Waals surface area (Å²) in [6.07, 6.45) is 1.48. The number of cyclic esters (lactones) is 1. The number of esters is 1. The van der Waals surface area contributed by atoms with Gasteiger partial charge in [-0.25, -0.2) is 0 Å². The monoisotopic (exact) mass is 289 g/mol. The second-order valence-corrected chi connectivity index (χ2v) is 5.85. The third-order valence-electron chi connectivity index (χ3n) is 3.27. The molecule has 1 aliphatic heterocycles. The van der Waals surface area contributed by atoms with Crippen LogP contribution < -0.4 is 0 Å². The summed E-state index contributed by atoms with van der Waals surface area (Å²) >= 11 is 1.43. The topological polar surface area (TPSA) is 57.0 Å². The molecule has 1 saturated heterocycles. The molecule has 5 nitrogen and oxygen atoms in total. The Balaban J connectivity index is 1.73. The maximum absolute atomic E-state index is 11.5. The van der Waals surface area contributed by atoms with E-state index in [4.69, 9.17) is 4.74 Å². The number of benzene rings is 1. The molecule has 1 aliphatic rings. The van der Waals surface area contributed by atoms with Crippen molar-refractivity contribution < 1.29 is 9.53 Å². The van der Waals surface area contributed by atoms with E-state index in [1.54, 1.807) is 0 Å². The number of hydrogen-bond donors (Lipinski definition) is 0. The Morgan fingerprint density at radius 1 is 1.35 bits per heavy atom. The summed E-state index contributed by atoms with van der Waals surface area (Å²) in [6, 6.07) is 10.1. The Kier molecular flexibility index (Phi) is 3.73. The van der Waals surface area contributed by atoms with Gasteiger partial charge in [-0.3, -0.25) is 4.79 Å². The molecule has 0 aliphatic carbocycles. The van der Waals surface area contributed by atoms with E-state index in [1.165, 1.54) is 17.3 Å². The number of rotatable bonds is 4. The van der Waals surface area contributed by atoms with E-state index in [2.05, 4.69) is 22.3 Å². The summed E-state index contributed by atoms with van der Waals surface area (Å²) in [7, 11) is 1.93. The van der Waals surface area contributed by atoms with Gasteiger partial charge in [0.15, 0.2) is 5.16 Å². The zero-order valence-corrected chi connectivity index (χ0v) is 12.0. The van der Waals surface area contributed by atoms with Crippen molar-refractivity contribution >= 4 is 17.7 Å². The summed E-state index contributed by atoms with van der Waals surface area (Å²) in [5, 5.41) is 9.01. The number of nitrogens with zero attached hydrogens (tertiary/aromatic N) is 3. The lowest BCUT2D eigenvalue weighted by Gasteiger charge is -2.06. The summed E-state index contributed by atoms with van der Waals surface area (Å²) < 4.78 is 6.91. The van der Waals surface area contributed by atoms with Crippen LogP contribution in [0, 0.1) is 0 Å². The molecule has 1 atom stereocenters. The van der Waals surface area contributed by atoms with Gasteiger partial charge in [0, 0.05) is 19.9 Å². The first-order valence-electron chi connectivity index (χ1n) is 6.49. The molecule has 0 amide bonds. The highest BCUT2D eigenvalue weighted by Crippen LogP contribution is 2.28. The predicted octanol–water partition coefficient (Wildman–Crippen LogP) is 1.81. The van der Waals surface area contributed by atoms with Gasteiger partial charge < -0.3 is 9.30 Å². The molecular formula is C14H15N3O2S. The largest absolute Gasteiger partial charge is 0.465 e. The first-order chi connectivity index (χ1) is 9.74. The van der Waals surface area contributed by atoms with Crippen molar-refractivity contribution in [3.8, 4) is 0 Å². The lowest BCUT2D eigenvalue weighted by Crippen LogP contribution is -2.11. The molecular weight excluding hydrogens is 274 g/mol. The third-order valence-corrected chi connectivity index (χ3v) is 4.54. The molecule has 1 aromatic heterocycles. The maximum Gasteiger partial charge on any atom is 0.319 e. The fourth-order valence-electron chi connectivity index (χ4n) is 2.09. The SMILES string of the molecule is Cn1c(Cc2ccccc2)nnc1SC1CCOC1=O. The Labute approximate surface area is 121 Å². The minimum absolute atomic E-state index is 0.150. The standard InChI is InChI=1S/C14H15N3O2S/c1-17-12(9-10-5-3-2-4-6-10)15-16-14(17)20-11-7-8-19-13(11)18/h2-6,11H,7-9H2,1H3. The van der Waals surface area contributed by atoms with Gasteiger partial charge in [-0.2, -0.15) is 0 Å². The zero-order valence-electron chi connectivity index (χ0n) is 11.2. The molecule has 0 bridgehead atoms. The van der Waals surface area contributed by atoms with Gasteiger partial charge >= 0.3 is 5.97 Å². The lowest BCUT2D eigenvalue weighted by atomic mass is 10.1. The average molecular weight is 289 g/mol. The molecule has 0 spiro atoms. The molecule has 2 aromatic rings. The summed E-state index contributed by atoms with van der Waals surface area (Å²) in [4.78, 5) is 11.5. The lowest BCUT2D eigenvalue weighted by molar-refractivity contribution is -0.137. The molecule has 20 heavy (non-hydrogen) atoms. The second kappa shape index (κ2) is 5.66. The highest BCUT2D eigenvalue weighted by atomic mass is 32.2. The van der Waals surface area contributed by atoms with Crippen molar-refractivity contribution in [1.82, 2.24) is 14.8 Å². The van der Waals surface area contributed by atoms with Crippen LogP contribution in [0.25, 0.3) is 0 Å². The normalized spacial score (nSPS) is 18.2. The Bertz CT molecular complexity index is 612. The third kappa shape index (κ3) is 2.70. The predicted molar refractivity (Wildman–Crippen MR) is 75.5 cm³/mol. The van der Waals surface area contributed by atoms with E-state index in [0.29, 0.717) is 6.61 Å². The van der Waals surface area contributed by atoms with Gasteiger partial charge in [-0.05, 0) is 5.56 Å². The molecule has 0 radical (unpaired) electrons. The first-order valence-corrected chi connectivity index (χ1v) is 7.37. The molecule has 0 N–H and O–H groups in total. The molecule has 3 rings (SSSR count). The van der Waals surface area contributed by atoms with E-state index in [0.717, 1.165) is 23.8 Å². The van der Waals surface area contributed by atoms with Crippen molar-refractivity contribution in [2.24, 2.45) is 7.05 Å². The van der Waals surface area contributed by atoms with Gasteiger partial charge in [0.25, 0.3) is 0 Å². The number of aromatic nitrogens is 3. The molecule has 0 saturated carbocycles. The highest BCUT2D eigenvalue weighted by Gasteiger charge is 2.29. The summed E-state index contributed by atoms with van der Waals surface area (Å²) in [5.41, 5.74) is 1.19. The van der Waals surface area contributed by atoms with Crippen LogP contribution in [-0.2, 0) is 23.0 Å². The van der Waals surface area contributed by atoms with Crippen molar-refractivity contribution in [3.63, 3.8) is 0 Å². The van der Waals surface area contributed by atoms with E-state index in [-0.39, 0.29) is 11.2 Å². The number of hydrogen-bond acceptors (Lipinski definition) is 5. The number of ether oxygens (including phenoxy) is 1. The molecule has 2 heterocycles. The van der Waals surface area contributed by atoms with Crippen LogP contribution >= 0.6 is 11.8 Å². The molecule has 1 aromatic carbocycles. The van der Waals surface area contributed by atoms with E-state index < -0.39 is 0 Å². The van der Waals surface area contributed by atoms with E-state index in [1.807, 2.05) is 29.8 Å². The minimum Gasteiger partial charge on any atom is -0.465 e. The fraction of sp³-hybridized carbons (Fsp3) is 0.357. The Morgan fingerprint density at radius 2 is 2.15 bits per heavy atom. The van der Waals surface area contributed by atoms with Crippen LogP contribution in [0.5, 0.6) is 0 Å². The molecule has 6 heteroatoms. The van der Waals surface area contributed by atoms with Gasteiger partial charge in [0.1, 0.15) is 11.1 Å². The van der Waals surface area contributed by atoms with Gasteiger partial charge in [-0.1, -0.05) is 42.1 Å². The first kappa shape index (κ1) is 13.2. The summed E-state index contributed by atoms with van der Waals surface area (Å²) in [6.45, 7) is 0.505. The number of thioether (sulfide) groups is 1. The highest BCUT2D eigenvalue weighted by molar-refractivity contribution is 8.00. The van der Waals surface area contributed by atoms with Crippen molar-refractivity contribution in [2.75, 3.05) is 6.61 Å². The molecule has 1 unspecified atom stereocenters. The Hall–Kier alpha value is -1.82. The average Bonchev–Trinajstić information content (AvgIpc) is 3.01. The molecule has 104 valence electrons. The molecule has 1 fully saturated rings. The quantitative estimate of drug-likeness (QED) is 0.804. The van der Waals surface area contributed by atoms with Crippen LogP contribution in [0.3, 0.4) is 0 Å². The maximum atomic E-state index is 11.5. The van der Waals surface area contributed by atoms with E-state index >= 15 is 0 Å². The van der Waals surface area contributed by atoms with Crippen LogP contribution in [0.4, 0.5) is 0 Å². The van der Waals surface area contributed by atoms with Crippen molar-refractivity contribution in [1.29, 1.82) is 0 Å². The van der Waals surface area contributed by atoms with Crippen molar-refractivity contribution in [3.05, 3.63) is 41.7 Å². The van der Waals surface area contributed by atoms with Crippen LogP contribution in [0.1, 0.15) is 17.8 Å². The minimum atomic E-state index is -0.150. The van der Waals surface area contributed by atoms with Crippen LogP contribution in [0.2, 0.25) is 0 Å². The van der Waals surface area contributed by atoms with Crippen LogP contribution in [-0.4, -0.2) is 32.6 Å². The van der Waals surface area contributed by atoms with Crippen molar-refractivity contribution in [2.45, 2.75) is 23.2 Å². The van der Waals surface area contributed by atoms with Crippen LogP contribution in [0.15, 0.2) is 35.5 Å². The zero-order chi connectivity index (χ0) is 13.9. The fourth-order valence-corrected chi connectivity index (χ4v) is 3.08. The Morgan fingerprint density at radius 3 is 2.85 bits per heavy atom. The number of carbonyl (C=O) groups is 1. The second-order valence-electron chi connectivity index (χ2n) is 4.68. The van der Waals surface area contributed by atoms with E-state index in [9.17, 15) is 4.79 Å². The van der Waals surface area contributed by atoms with Gasteiger partial charge in [-0.15, -0.1) is 10.2 Å².